The van der Waals surface area contributed by atoms with Crippen molar-refractivity contribution in [2.75, 3.05) is 6.54 Å². The van der Waals surface area contributed by atoms with Crippen molar-refractivity contribution in [1.29, 1.82) is 0 Å². The summed E-state index contributed by atoms with van der Waals surface area (Å²) < 4.78 is 0. The molecule has 1 aliphatic rings. The van der Waals surface area contributed by atoms with Gasteiger partial charge in [-0.1, -0.05) is 12.1 Å². The van der Waals surface area contributed by atoms with Crippen molar-refractivity contribution in [3.8, 4) is 0 Å². The van der Waals surface area contributed by atoms with Gasteiger partial charge in [0.05, 0.1) is 17.4 Å². The maximum Gasteiger partial charge on any atom is 0.326 e. The van der Waals surface area contributed by atoms with Crippen LogP contribution >= 0.6 is 0 Å². The second-order valence-corrected chi connectivity index (χ2v) is 4.89. The van der Waals surface area contributed by atoms with Crippen molar-refractivity contribution < 1.29 is 24.7 Å². The average Bonchev–Trinajstić information content (AvgIpc) is 2.82. The normalized spacial score (nSPS) is 21.3. The Balaban J connectivity index is 2.06. The number of nitro benzene ring substituents is 1. The van der Waals surface area contributed by atoms with Gasteiger partial charge in [0.25, 0.3) is 5.69 Å². The lowest BCUT2D eigenvalue weighted by atomic mass is 10.1. The first kappa shape index (κ1) is 14.9. The Morgan fingerprint density at radius 3 is 2.48 bits per heavy atom. The summed E-state index contributed by atoms with van der Waals surface area (Å²) in [5.74, 6) is -1.57. The molecule has 0 radical (unpaired) electrons. The van der Waals surface area contributed by atoms with Gasteiger partial charge in [-0.05, 0) is 5.56 Å². The van der Waals surface area contributed by atoms with Gasteiger partial charge in [-0.15, -0.1) is 0 Å². The van der Waals surface area contributed by atoms with Crippen LogP contribution in [0.3, 0.4) is 0 Å². The maximum atomic E-state index is 12.1. The van der Waals surface area contributed by atoms with Crippen molar-refractivity contribution in [3.05, 3.63) is 39.9 Å². The zero-order valence-electron chi connectivity index (χ0n) is 11.0. The molecule has 1 aliphatic heterocycles. The highest BCUT2D eigenvalue weighted by molar-refractivity contribution is 5.85. The van der Waals surface area contributed by atoms with Gasteiger partial charge in [0.2, 0.25) is 5.91 Å². The van der Waals surface area contributed by atoms with E-state index < -0.39 is 28.9 Å². The van der Waals surface area contributed by atoms with Crippen LogP contribution in [0, 0.1) is 10.1 Å². The minimum absolute atomic E-state index is 0.0111. The Labute approximate surface area is 119 Å². The Bertz CT molecular complexity index is 571. The molecule has 0 bridgehead atoms. The zero-order valence-corrected chi connectivity index (χ0v) is 11.0. The van der Waals surface area contributed by atoms with E-state index in [-0.39, 0.29) is 25.1 Å². The first-order chi connectivity index (χ1) is 9.88. The summed E-state index contributed by atoms with van der Waals surface area (Å²) in [4.78, 5) is 34.3. The fraction of sp³-hybridized carbons (Fsp3) is 0.385. The fourth-order valence-corrected chi connectivity index (χ4v) is 2.34. The third kappa shape index (κ3) is 3.34. The molecule has 2 N–H and O–H groups in total. The number of rotatable bonds is 4. The molecule has 1 saturated heterocycles. The molecule has 8 heteroatoms. The van der Waals surface area contributed by atoms with Gasteiger partial charge in [-0.25, -0.2) is 4.79 Å². The molecule has 0 unspecified atom stereocenters. The lowest BCUT2D eigenvalue weighted by Crippen LogP contribution is -2.41. The van der Waals surface area contributed by atoms with Crippen molar-refractivity contribution >= 4 is 17.6 Å². The van der Waals surface area contributed by atoms with Gasteiger partial charge in [0.1, 0.15) is 6.04 Å². The Morgan fingerprint density at radius 1 is 1.33 bits per heavy atom. The number of amides is 1. The monoisotopic (exact) mass is 294 g/mol. The number of carboxylic acid groups (broad SMARTS) is 1. The number of aliphatic hydroxyl groups excluding tert-OH is 1. The number of benzene rings is 1. The summed E-state index contributed by atoms with van der Waals surface area (Å²) in [6, 6.07) is 4.47. The number of β-amino-alcohol motifs (C(OH)–C–C–N with tert-alkyl or cyclic N) is 1. The number of aliphatic hydroxyl groups is 1. The van der Waals surface area contributed by atoms with Crippen LogP contribution in [0.4, 0.5) is 5.69 Å². The lowest BCUT2D eigenvalue weighted by molar-refractivity contribution is -0.384. The lowest BCUT2D eigenvalue weighted by Gasteiger charge is -2.21. The first-order valence-electron chi connectivity index (χ1n) is 6.32. The number of likely N-dealkylation sites (tertiary alicyclic amines) is 1. The van der Waals surface area contributed by atoms with Crippen LogP contribution in [0.15, 0.2) is 24.3 Å². The molecule has 0 saturated carbocycles. The minimum Gasteiger partial charge on any atom is -0.480 e. The molecular weight excluding hydrogens is 280 g/mol. The molecule has 0 aliphatic carbocycles. The molecule has 8 nitrogen and oxygen atoms in total. The summed E-state index contributed by atoms with van der Waals surface area (Å²) in [5, 5.41) is 29.1. The third-order valence-corrected chi connectivity index (χ3v) is 3.39. The highest BCUT2D eigenvalue weighted by Gasteiger charge is 2.38. The van der Waals surface area contributed by atoms with E-state index in [1.165, 1.54) is 24.3 Å². The number of carbonyl (C=O) groups is 2. The van der Waals surface area contributed by atoms with Gasteiger partial charge < -0.3 is 15.1 Å². The quantitative estimate of drug-likeness (QED) is 0.603. The Hall–Kier alpha value is -2.48. The van der Waals surface area contributed by atoms with E-state index in [0.29, 0.717) is 5.56 Å². The molecule has 1 heterocycles. The first-order valence-corrected chi connectivity index (χ1v) is 6.32. The van der Waals surface area contributed by atoms with E-state index >= 15 is 0 Å². The molecule has 2 rings (SSSR count). The predicted molar refractivity (Wildman–Crippen MR) is 70.6 cm³/mol. The summed E-state index contributed by atoms with van der Waals surface area (Å²) in [6.07, 6.45) is -0.887. The molecule has 112 valence electrons. The van der Waals surface area contributed by atoms with Crippen molar-refractivity contribution in [2.45, 2.75) is 25.0 Å². The topological polar surface area (TPSA) is 121 Å². The van der Waals surface area contributed by atoms with Crippen LogP contribution in [0.2, 0.25) is 0 Å². The number of hydrogen-bond donors (Lipinski definition) is 2. The van der Waals surface area contributed by atoms with E-state index in [1.54, 1.807) is 0 Å². The summed E-state index contributed by atoms with van der Waals surface area (Å²) in [6.45, 7) is -0.0111. The highest BCUT2D eigenvalue weighted by Crippen LogP contribution is 2.20. The molecule has 2 atom stereocenters. The molecule has 0 aromatic heterocycles. The number of carboxylic acids is 1. The standard InChI is InChI=1S/C13H14N2O6/c16-10-6-11(13(18)19)14(7-10)12(17)5-8-1-3-9(4-2-8)15(20)21/h1-4,10-11,16H,5-7H2,(H,18,19)/t10-,11-/m1/s1. The average molecular weight is 294 g/mol. The van der Waals surface area contributed by atoms with Crippen molar-refractivity contribution in [2.24, 2.45) is 0 Å². The molecule has 21 heavy (non-hydrogen) atoms. The second kappa shape index (κ2) is 5.88. The maximum absolute atomic E-state index is 12.1. The van der Waals surface area contributed by atoms with Crippen molar-refractivity contribution in [3.63, 3.8) is 0 Å². The number of carbonyl (C=O) groups excluding carboxylic acids is 1. The minimum atomic E-state index is -1.15. The van der Waals surface area contributed by atoms with Gasteiger partial charge in [0, 0.05) is 25.1 Å². The molecule has 1 amide bonds. The largest absolute Gasteiger partial charge is 0.480 e. The van der Waals surface area contributed by atoms with Gasteiger partial charge in [0.15, 0.2) is 0 Å². The van der Waals surface area contributed by atoms with E-state index in [9.17, 15) is 24.8 Å². The number of hydrogen-bond acceptors (Lipinski definition) is 5. The van der Waals surface area contributed by atoms with Crippen LogP contribution in [0.5, 0.6) is 0 Å². The van der Waals surface area contributed by atoms with Crippen LogP contribution in [0.1, 0.15) is 12.0 Å². The fourth-order valence-electron chi connectivity index (χ4n) is 2.34. The van der Waals surface area contributed by atoms with Gasteiger partial charge in [-0.2, -0.15) is 0 Å². The van der Waals surface area contributed by atoms with E-state index in [0.717, 1.165) is 4.90 Å². The second-order valence-electron chi connectivity index (χ2n) is 4.89. The smallest absolute Gasteiger partial charge is 0.326 e. The summed E-state index contributed by atoms with van der Waals surface area (Å²) in [5.41, 5.74) is 0.474. The van der Waals surface area contributed by atoms with Gasteiger partial charge >= 0.3 is 5.97 Å². The van der Waals surface area contributed by atoms with Crippen LogP contribution in [-0.2, 0) is 16.0 Å². The Kier molecular flexibility index (Phi) is 4.18. The number of nitro groups is 1. The van der Waals surface area contributed by atoms with Crippen LogP contribution in [-0.4, -0.2) is 50.6 Å². The zero-order chi connectivity index (χ0) is 15.6. The molecule has 0 spiro atoms. The summed E-state index contributed by atoms with van der Waals surface area (Å²) >= 11 is 0. The molecule has 1 fully saturated rings. The molecule has 1 aromatic rings. The number of non-ortho nitro benzene ring substituents is 1. The highest BCUT2D eigenvalue weighted by atomic mass is 16.6. The number of nitrogens with zero attached hydrogens (tertiary/aromatic N) is 2. The molecular formula is C13H14N2O6. The SMILES string of the molecule is O=C(O)[C@H]1C[C@@H](O)CN1C(=O)Cc1ccc([N+](=O)[O-])cc1. The van der Waals surface area contributed by atoms with Crippen LogP contribution < -0.4 is 0 Å². The van der Waals surface area contributed by atoms with E-state index in [2.05, 4.69) is 0 Å². The summed E-state index contributed by atoms with van der Waals surface area (Å²) in [7, 11) is 0. The third-order valence-electron chi connectivity index (χ3n) is 3.39. The Morgan fingerprint density at radius 2 is 1.95 bits per heavy atom. The van der Waals surface area contributed by atoms with E-state index in [1.807, 2.05) is 0 Å². The molecule has 1 aromatic carbocycles. The van der Waals surface area contributed by atoms with Gasteiger partial charge in [-0.3, -0.25) is 14.9 Å². The number of aliphatic carboxylic acids is 1. The van der Waals surface area contributed by atoms with Crippen molar-refractivity contribution in [1.82, 2.24) is 4.90 Å². The predicted octanol–water partition coefficient (Wildman–Crippen LogP) is 0.184. The van der Waals surface area contributed by atoms with E-state index in [4.69, 9.17) is 5.11 Å². The van der Waals surface area contributed by atoms with Crippen LogP contribution in [0.25, 0.3) is 0 Å².